The molecule has 2 N–H and O–H groups in total. The summed E-state index contributed by atoms with van der Waals surface area (Å²) in [5, 5.41) is 10.4. The Morgan fingerprint density at radius 1 is 1.21 bits per heavy atom. The van der Waals surface area contributed by atoms with Crippen LogP contribution in [0.25, 0.3) is 0 Å². The third kappa shape index (κ3) is 3.80. The first-order valence-corrected chi connectivity index (χ1v) is 10.6. The largest absolute Gasteiger partial charge is 0.359 e. The molecule has 0 spiro atoms. The maximum atomic E-state index is 12.7. The number of nitrogens with one attached hydrogen (secondary N) is 2. The lowest BCUT2D eigenvalue weighted by Gasteiger charge is -2.18. The predicted molar refractivity (Wildman–Crippen MR) is 108 cm³/mol. The van der Waals surface area contributed by atoms with E-state index in [2.05, 4.69) is 32.9 Å². The van der Waals surface area contributed by atoms with Crippen LogP contribution >= 0.6 is 0 Å². The van der Waals surface area contributed by atoms with Gasteiger partial charge in [-0.25, -0.2) is 4.99 Å². The molecule has 1 aromatic rings. The number of hydrogen-bond acceptors (Lipinski definition) is 5. The van der Waals surface area contributed by atoms with E-state index in [9.17, 15) is 9.59 Å². The van der Waals surface area contributed by atoms with Crippen molar-refractivity contribution in [2.75, 3.05) is 19.6 Å². The molecule has 1 aliphatic heterocycles. The number of allylic oxidation sites excluding steroid dienone is 2. The number of guanidine groups is 1. The van der Waals surface area contributed by atoms with Crippen LogP contribution in [0.4, 0.5) is 0 Å². The quantitative estimate of drug-likeness (QED) is 0.226. The second-order valence-corrected chi connectivity index (χ2v) is 7.94. The number of aromatic nitrogens is 1. The van der Waals surface area contributed by atoms with Crippen LogP contribution in [0.3, 0.4) is 0 Å². The number of carbonyl (C=O) groups excluding carboxylic acids is 2. The van der Waals surface area contributed by atoms with Crippen LogP contribution < -0.4 is 10.6 Å². The van der Waals surface area contributed by atoms with E-state index < -0.39 is 0 Å². The fourth-order valence-electron chi connectivity index (χ4n) is 4.72. The summed E-state index contributed by atoms with van der Waals surface area (Å²) in [4.78, 5) is 31.4. The maximum Gasteiger partial charge on any atom is 0.233 e. The number of imide groups is 1. The van der Waals surface area contributed by atoms with Crippen LogP contribution in [0, 0.1) is 23.7 Å². The number of carbonyl (C=O) groups is 2. The highest BCUT2D eigenvalue weighted by molar-refractivity contribution is 6.06. The summed E-state index contributed by atoms with van der Waals surface area (Å²) in [6, 6.07) is 1.91. The van der Waals surface area contributed by atoms with Gasteiger partial charge in [0.05, 0.1) is 17.5 Å². The van der Waals surface area contributed by atoms with Crippen molar-refractivity contribution in [1.29, 1.82) is 0 Å². The van der Waals surface area contributed by atoms with Crippen molar-refractivity contribution in [1.82, 2.24) is 20.7 Å². The summed E-state index contributed by atoms with van der Waals surface area (Å²) < 4.78 is 5.26. The minimum Gasteiger partial charge on any atom is -0.359 e. The van der Waals surface area contributed by atoms with Crippen molar-refractivity contribution >= 4 is 17.8 Å². The highest BCUT2D eigenvalue weighted by Crippen LogP contribution is 2.52. The summed E-state index contributed by atoms with van der Waals surface area (Å²) in [6.07, 6.45) is 6.74. The third-order valence-electron chi connectivity index (χ3n) is 6.12. The van der Waals surface area contributed by atoms with Crippen molar-refractivity contribution in [2.45, 2.75) is 39.7 Å². The topological polar surface area (TPSA) is 99.8 Å². The van der Waals surface area contributed by atoms with Gasteiger partial charge in [-0.05, 0) is 38.0 Å². The lowest BCUT2D eigenvalue weighted by molar-refractivity contribution is -0.140. The molecule has 4 rings (SSSR count). The molecule has 4 unspecified atom stereocenters. The van der Waals surface area contributed by atoms with E-state index in [0.29, 0.717) is 32.0 Å². The molecule has 8 heteroatoms. The maximum absolute atomic E-state index is 12.7. The zero-order valence-corrected chi connectivity index (χ0v) is 17.1. The summed E-state index contributed by atoms with van der Waals surface area (Å²) in [6.45, 7) is 6.26. The minimum atomic E-state index is -0.112. The lowest BCUT2D eigenvalue weighted by Crippen LogP contribution is -2.40. The molecule has 1 saturated heterocycles. The molecule has 2 heterocycles. The van der Waals surface area contributed by atoms with Gasteiger partial charge in [0.25, 0.3) is 0 Å². The van der Waals surface area contributed by atoms with Crippen molar-refractivity contribution in [3.05, 3.63) is 29.7 Å². The van der Waals surface area contributed by atoms with Crippen LogP contribution in [0.5, 0.6) is 0 Å². The van der Waals surface area contributed by atoms with Gasteiger partial charge in [-0.3, -0.25) is 14.5 Å². The molecule has 8 nitrogen and oxygen atoms in total. The molecule has 1 saturated carbocycles. The Kier molecular flexibility index (Phi) is 5.69. The molecule has 0 radical (unpaired) electrons. The molecule has 2 fully saturated rings. The Hall–Kier alpha value is -2.64. The smallest absolute Gasteiger partial charge is 0.233 e. The average Bonchev–Trinajstić information content (AvgIpc) is 3.49. The molecule has 29 heavy (non-hydrogen) atoms. The summed E-state index contributed by atoms with van der Waals surface area (Å²) in [7, 11) is 0. The van der Waals surface area contributed by atoms with Gasteiger partial charge in [-0.2, -0.15) is 0 Å². The summed E-state index contributed by atoms with van der Waals surface area (Å²) >= 11 is 0. The molecule has 2 aliphatic carbocycles. The van der Waals surface area contributed by atoms with Crippen molar-refractivity contribution in [3.8, 4) is 0 Å². The van der Waals surface area contributed by atoms with Gasteiger partial charge in [-0.15, -0.1) is 0 Å². The molecule has 0 aromatic carbocycles. The standard InChI is InChI=1S/C21H29N5O3/c1-3-15-11-16(29-25-15)12-24-21(22-4-2)23-8-5-9-26-19(27)17-13-6-7-14(10-13)18(17)20(26)28/h6-7,11,13-14,17-18H,3-5,8-10,12H2,1-2H3,(H2,22,23,24). The number of amides is 2. The van der Waals surface area contributed by atoms with Crippen LogP contribution in [-0.4, -0.2) is 47.5 Å². The van der Waals surface area contributed by atoms with Gasteiger partial charge in [-0.1, -0.05) is 24.2 Å². The normalized spacial score (nSPS) is 27.8. The van der Waals surface area contributed by atoms with Crippen LogP contribution in [0.15, 0.2) is 27.7 Å². The molecule has 4 atom stereocenters. The fraction of sp³-hybridized carbons (Fsp3) is 0.619. The van der Waals surface area contributed by atoms with Gasteiger partial charge in [0.1, 0.15) is 6.54 Å². The summed E-state index contributed by atoms with van der Waals surface area (Å²) in [5.41, 5.74) is 0.918. The average molecular weight is 399 g/mol. The van der Waals surface area contributed by atoms with Crippen molar-refractivity contribution in [3.63, 3.8) is 0 Å². The van der Waals surface area contributed by atoms with Gasteiger partial charge >= 0.3 is 0 Å². The van der Waals surface area contributed by atoms with E-state index in [-0.39, 0.29) is 35.5 Å². The SMILES string of the molecule is CCNC(=NCc1cc(CC)no1)NCCCN1C(=O)C2C3C=CC(C3)C2C1=O. The molecule has 2 bridgehead atoms. The second kappa shape index (κ2) is 8.39. The Labute approximate surface area is 170 Å². The minimum absolute atomic E-state index is 0.0227. The fourth-order valence-corrected chi connectivity index (χ4v) is 4.72. The van der Waals surface area contributed by atoms with E-state index in [0.717, 1.165) is 30.8 Å². The highest BCUT2D eigenvalue weighted by Gasteiger charge is 2.58. The van der Waals surface area contributed by atoms with E-state index in [1.54, 1.807) is 0 Å². The molecule has 1 aromatic heterocycles. The summed E-state index contributed by atoms with van der Waals surface area (Å²) in [5.74, 6) is 1.76. The number of likely N-dealkylation sites (tertiary alicyclic amines) is 1. The number of rotatable bonds is 8. The van der Waals surface area contributed by atoms with E-state index in [4.69, 9.17) is 4.52 Å². The number of fused-ring (bicyclic) bond motifs is 5. The van der Waals surface area contributed by atoms with E-state index in [1.807, 2.05) is 19.9 Å². The first-order valence-electron chi connectivity index (χ1n) is 10.6. The van der Waals surface area contributed by atoms with Gasteiger partial charge < -0.3 is 15.2 Å². The zero-order valence-electron chi connectivity index (χ0n) is 17.1. The Morgan fingerprint density at radius 2 is 1.93 bits per heavy atom. The number of aryl methyl sites for hydroxylation is 1. The first-order chi connectivity index (χ1) is 14.1. The zero-order chi connectivity index (χ0) is 20.4. The number of nitrogens with zero attached hydrogens (tertiary/aromatic N) is 3. The Bertz CT molecular complexity index is 800. The van der Waals surface area contributed by atoms with Crippen LogP contribution in [-0.2, 0) is 22.6 Å². The highest BCUT2D eigenvalue weighted by atomic mass is 16.5. The monoisotopic (exact) mass is 399 g/mol. The number of hydrogen-bond donors (Lipinski definition) is 2. The molecular weight excluding hydrogens is 370 g/mol. The predicted octanol–water partition coefficient (Wildman–Crippen LogP) is 1.49. The molecular formula is C21H29N5O3. The second-order valence-electron chi connectivity index (χ2n) is 7.94. The van der Waals surface area contributed by atoms with Gasteiger partial charge in [0.2, 0.25) is 11.8 Å². The van der Waals surface area contributed by atoms with E-state index in [1.165, 1.54) is 4.90 Å². The molecule has 2 amide bonds. The first kappa shape index (κ1) is 19.7. The molecule has 3 aliphatic rings. The van der Waals surface area contributed by atoms with Crippen molar-refractivity contribution in [2.24, 2.45) is 28.7 Å². The Morgan fingerprint density at radius 3 is 2.55 bits per heavy atom. The lowest BCUT2D eigenvalue weighted by atomic mass is 9.85. The van der Waals surface area contributed by atoms with Crippen LogP contribution in [0.1, 0.15) is 38.1 Å². The Balaban J connectivity index is 1.26. The van der Waals surface area contributed by atoms with E-state index >= 15 is 0 Å². The van der Waals surface area contributed by atoms with Gasteiger partial charge in [0.15, 0.2) is 11.7 Å². The van der Waals surface area contributed by atoms with Crippen molar-refractivity contribution < 1.29 is 14.1 Å². The number of aliphatic imine (C=N–C) groups is 1. The third-order valence-corrected chi connectivity index (χ3v) is 6.12. The molecule has 156 valence electrons. The van der Waals surface area contributed by atoms with Gasteiger partial charge in [0, 0.05) is 25.7 Å². The van der Waals surface area contributed by atoms with Crippen LogP contribution in [0.2, 0.25) is 0 Å².